The zero-order valence-corrected chi connectivity index (χ0v) is 12.9. The lowest BCUT2D eigenvalue weighted by molar-refractivity contribution is 0.0912. The van der Waals surface area contributed by atoms with Gasteiger partial charge in [-0.25, -0.2) is 0 Å². The van der Waals surface area contributed by atoms with Crippen molar-refractivity contribution in [3.8, 4) is 0 Å². The van der Waals surface area contributed by atoms with Crippen LogP contribution in [-0.4, -0.2) is 25.8 Å². The summed E-state index contributed by atoms with van der Waals surface area (Å²) >= 11 is 0. The van der Waals surface area contributed by atoms with E-state index in [0.717, 1.165) is 30.2 Å². The van der Waals surface area contributed by atoms with E-state index in [4.69, 9.17) is 4.52 Å². The number of nitrogens with one attached hydrogen (secondary N) is 1. The van der Waals surface area contributed by atoms with Crippen LogP contribution in [0.1, 0.15) is 84.3 Å². The minimum absolute atomic E-state index is 0.234. The summed E-state index contributed by atoms with van der Waals surface area (Å²) < 4.78 is 7.40. The molecule has 3 aliphatic carbocycles. The maximum Gasteiger partial charge on any atom is 0.290 e. The predicted octanol–water partition coefficient (Wildman–Crippen LogP) is 2.29. The van der Waals surface area contributed by atoms with Crippen LogP contribution < -0.4 is 5.32 Å². The van der Waals surface area contributed by atoms with Crippen molar-refractivity contribution >= 4 is 5.91 Å². The standard InChI is InChI=1S/C16H19N5O2/c22-16(13-7-12(20-23-13)9-1-2-9)17-8-14-18-19-15(10-3-4-10)21(14)11-5-6-11/h7,9-11H,1-6,8H2,(H,17,22). The van der Waals surface area contributed by atoms with Gasteiger partial charge in [0.05, 0.1) is 12.2 Å². The number of amides is 1. The molecular weight excluding hydrogens is 294 g/mol. The summed E-state index contributed by atoms with van der Waals surface area (Å²) in [6.07, 6.45) is 7.07. The smallest absolute Gasteiger partial charge is 0.290 e. The van der Waals surface area contributed by atoms with Crippen LogP contribution in [0.3, 0.4) is 0 Å². The SMILES string of the molecule is O=C(NCc1nnc(C2CC2)n1C1CC1)c1cc(C2CC2)no1. The van der Waals surface area contributed by atoms with E-state index in [2.05, 4.69) is 25.2 Å². The molecule has 23 heavy (non-hydrogen) atoms. The molecule has 1 amide bonds. The summed E-state index contributed by atoms with van der Waals surface area (Å²) in [5.74, 6) is 3.06. The average molecular weight is 313 g/mol. The molecule has 0 spiro atoms. The predicted molar refractivity (Wildman–Crippen MR) is 79.9 cm³/mol. The van der Waals surface area contributed by atoms with Crippen LogP contribution in [0.25, 0.3) is 0 Å². The van der Waals surface area contributed by atoms with Gasteiger partial charge in [-0.15, -0.1) is 10.2 Å². The Morgan fingerprint density at radius 3 is 2.65 bits per heavy atom. The monoisotopic (exact) mass is 313 g/mol. The van der Waals surface area contributed by atoms with Gasteiger partial charge in [0.1, 0.15) is 5.82 Å². The summed E-state index contributed by atoms with van der Waals surface area (Å²) in [5, 5.41) is 15.5. The second-order valence-corrected chi connectivity index (χ2v) is 6.92. The molecule has 7 nitrogen and oxygen atoms in total. The van der Waals surface area contributed by atoms with Gasteiger partial charge in [0.15, 0.2) is 5.82 Å². The quantitative estimate of drug-likeness (QED) is 0.884. The summed E-state index contributed by atoms with van der Waals surface area (Å²) in [6, 6.07) is 2.29. The molecule has 3 saturated carbocycles. The van der Waals surface area contributed by atoms with Gasteiger partial charge in [-0.05, 0) is 38.5 Å². The van der Waals surface area contributed by atoms with E-state index in [1.165, 1.54) is 25.7 Å². The maximum absolute atomic E-state index is 12.2. The summed E-state index contributed by atoms with van der Waals surface area (Å²) in [6.45, 7) is 0.383. The molecule has 0 atom stereocenters. The number of aromatic nitrogens is 4. The van der Waals surface area contributed by atoms with Crippen molar-refractivity contribution in [1.29, 1.82) is 0 Å². The Kier molecular flexibility index (Phi) is 2.83. The van der Waals surface area contributed by atoms with Gasteiger partial charge in [0, 0.05) is 23.9 Å². The van der Waals surface area contributed by atoms with Crippen molar-refractivity contribution in [2.75, 3.05) is 0 Å². The third kappa shape index (κ3) is 2.54. The molecule has 0 aliphatic heterocycles. The third-order valence-electron chi connectivity index (χ3n) is 4.80. The van der Waals surface area contributed by atoms with Gasteiger partial charge in [-0.1, -0.05) is 5.16 Å². The Bertz CT molecular complexity index is 752. The van der Waals surface area contributed by atoms with Gasteiger partial charge >= 0.3 is 0 Å². The molecule has 2 aromatic rings. The maximum atomic E-state index is 12.2. The van der Waals surface area contributed by atoms with Crippen molar-refractivity contribution in [2.24, 2.45) is 0 Å². The second kappa shape index (κ2) is 4.91. The van der Waals surface area contributed by atoms with Crippen molar-refractivity contribution in [3.63, 3.8) is 0 Å². The van der Waals surface area contributed by atoms with Crippen molar-refractivity contribution in [3.05, 3.63) is 29.2 Å². The fourth-order valence-electron chi connectivity index (χ4n) is 3.02. The first-order chi connectivity index (χ1) is 11.3. The van der Waals surface area contributed by atoms with Gasteiger partial charge in [0.25, 0.3) is 5.91 Å². The van der Waals surface area contributed by atoms with Gasteiger partial charge in [-0.2, -0.15) is 0 Å². The van der Waals surface area contributed by atoms with Gasteiger partial charge in [0.2, 0.25) is 5.76 Å². The largest absolute Gasteiger partial charge is 0.351 e. The molecule has 0 saturated heterocycles. The normalized spacial score (nSPS) is 20.7. The van der Waals surface area contributed by atoms with Crippen LogP contribution in [0.15, 0.2) is 10.6 Å². The Morgan fingerprint density at radius 1 is 1.17 bits per heavy atom. The van der Waals surface area contributed by atoms with Crippen LogP contribution in [0, 0.1) is 0 Å². The van der Waals surface area contributed by atoms with E-state index in [1.807, 2.05) is 0 Å². The molecule has 3 aliphatic rings. The Hall–Kier alpha value is -2.18. The van der Waals surface area contributed by atoms with Gasteiger partial charge in [-0.3, -0.25) is 4.79 Å². The molecule has 3 fully saturated rings. The van der Waals surface area contributed by atoms with Crippen LogP contribution in [0.2, 0.25) is 0 Å². The first kappa shape index (κ1) is 13.3. The lowest BCUT2D eigenvalue weighted by atomic mass is 10.2. The van der Waals surface area contributed by atoms with Crippen molar-refractivity contribution in [1.82, 2.24) is 25.2 Å². The highest BCUT2D eigenvalue weighted by Gasteiger charge is 2.36. The van der Waals surface area contributed by atoms with Crippen LogP contribution in [-0.2, 0) is 6.54 Å². The average Bonchev–Trinajstić information content (AvgIpc) is 3.43. The molecule has 0 radical (unpaired) electrons. The Morgan fingerprint density at radius 2 is 1.96 bits per heavy atom. The second-order valence-electron chi connectivity index (χ2n) is 6.92. The highest BCUT2D eigenvalue weighted by molar-refractivity contribution is 5.91. The summed E-state index contributed by atoms with van der Waals surface area (Å²) in [4.78, 5) is 12.2. The topological polar surface area (TPSA) is 85.8 Å². The van der Waals surface area contributed by atoms with Crippen LogP contribution in [0.5, 0.6) is 0 Å². The molecule has 2 aromatic heterocycles. The van der Waals surface area contributed by atoms with E-state index in [1.54, 1.807) is 6.07 Å². The van der Waals surface area contributed by atoms with E-state index >= 15 is 0 Å². The number of rotatable bonds is 6. The summed E-state index contributed by atoms with van der Waals surface area (Å²) in [5.41, 5.74) is 0.896. The van der Waals surface area contributed by atoms with E-state index in [9.17, 15) is 4.79 Å². The molecule has 7 heteroatoms. The number of hydrogen-bond donors (Lipinski definition) is 1. The van der Waals surface area contributed by atoms with E-state index < -0.39 is 0 Å². The molecule has 5 rings (SSSR count). The minimum Gasteiger partial charge on any atom is -0.351 e. The van der Waals surface area contributed by atoms with Crippen LogP contribution in [0.4, 0.5) is 0 Å². The third-order valence-corrected chi connectivity index (χ3v) is 4.80. The number of carbonyl (C=O) groups is 1. The van der Waals surface area contributed by atoms with Crippen LogP contribution >= 0.6 is 0 Å². The number of hydrogen-bond acceptors (Lipinski definition) is 5. The minimum atomic E-state index is -0.234. The Balaban J connectivity index is 1.29. The molecular formula is C16H19N5O2. The zero-order valence-electron chi connectivity index (χ0n) is 12.9. The Labute approximate surface area is 133 Å². The lowest BCUT2D eigenvalue weighted by Gasteiger charge is -2.08. The fourth-order valence-corrected chi connectivity index (χ4v) is 3.02. The molecule has 0 aromatic carbocycles. The molecule has 0 unspecified atom stereocenters. The fraction of sp³-hybridized carbons (Fsp3) is 0.625. The first-order valence-electron chi connectivity index (χ1n) is 8.48. The lowest BCUT2D eigenvalue weighted by Crippen LogP contribution is -2.24. The molecule has 1 N–H and O–H groups in total. The zero-order chi connectivity index (χ0) is 15.4. The molecule has 2 heterocycles. The van der Waals surface area contributed by atoms with Crippen molar-refractivity contribution in [2.45, 2.75) is 62.9 Å². The highest BCUT2D eigenvalue weighted by Crippen LogP contribution is 2.44. The first-order valence-corrected chi connectivity index (χ1v) is 8.48. The highest BCUT2D eigenvalue weighted by atomic mass is 16.5. The number of carbonyl (C=O) groups excluding carboxylic acids is 1. The van der Waals surface area contributed by atoms with E-state index in [0.29, 0.717) is 24.4 Å². The number of nitrogens with zero attached hydrogens (tertiary/aromatic N) is 4. The molecule has 120 valence electrons. The van der Waals surface area contributed by atoms with Gasteiger partial charge < -0.3 is 14.4 Å². The van der Waals surface area contributed by atoms with Crippen molar-refractivity contribution < 1.29 is 9.32 Å². The van der Waals surface area contributed by atoms with E-state index in [-0.39, 0.29) is 11.7 Å². The summed E-state index contributed by atoms with van der Waals surface area (Å²) in [7, 11) is 0. The molecule has 0 bridgehead atoms.